The number of amides is 1. The largest absolute Gasteiger partial charge is 0.508 e. The summed E-state index contributed by atoms with van der Waals surface area (Å²) >= 11 is 0. The molecule has 26 heavy (non-hydrogen) atoms. The van der Waals surface area contributed by atoms with E-state index in [-0.39, 0.29) is 23.7 Å². The number of phenols is 1. The number of nitrogens with one attached hydrogen (secondary N) is 2. The molecule has 0 bridgehead atoms. The maximum absolute atomic E-state index is 12.8. The number of aromatic hydroxyl groups is 1. The number of benzene rings is 1. The quantitative estimate of drug-likeness (QED) is 0.633. The minimum atomic E-state index is -0.209. The Bertz CT molecular complexity index is 583. The van der Waals surface area contributed by atoms with Crippen LogP contribution >= 0.6 is 0 Å². The van der Waals surface area contributed by atoms with Gasteiger partial charge in [-0.05, 0) is 61.5 Å². The highest BCUT2D eigenvalue weighted by Gasteiger charge is 2.27. The Morgan fingerprint density at radius 3 is 2.58 bits per heavy atom. The minimum absolute atomic E-state index is 0.0790. The normalized spacial score (nSPS) is 18.0. The van der Waals surface area contributed by atoms with Crippen LogP contribution in [0.25, 0.3) is 0 Å². The van der Waals surface area contributed by atoms with E-state index >= 15 is 0 Å². The first kappa shape index (κ1) is 20.7. The molecule has 0 aromatic heterocycles. The SMILES string of the molecule is CCCN(CCC)C[C@@H](NC(=O)C1Cc2ccc(O)cc2CN1)C(C)C. The summed E-state index contributed by atoms with van der Waals surface area (Å²) in [4.78, 5) is 15.3. The molecule has 1 amide bonds. The van der Waals surface area contributed by atoms with Crippen molar-refractivity contribution < 1.29 is 9.90 Å². The molecule has 1 unspecified atom stereocenters. The number of hydrogen-bond donors (Lipinski definition) is 3. The van der Waals surface area contributed by atoms with Crippen LogP contribution < -0.4 is 10.6 Å². The zero-order valence-electron chi connectivity index (χ0n) is 16.7. The van der Waals surface area contributed by atoms with E-state index in [4.69, 9.17) is 0 Å². The Kier molecular flexibility index (Phi) is 7.91. The predicted octanol–water partition coefficient (Wildman–Crippen LogP) is 2.67. The van der Waals surface area contributed by atoms with Gasteiger partial charge < -0.3 is 20.6 Å². The molecule has 0 radical (unpaired) electrons. The van der Waals surface area contributed by atoms with Gasteiger partial charge in [-0.25, -0.2) is 0 Å². The summed E-state index contributed by atoms with van der Waals surface area (Å²) in [6.07, 6.45) is 2.93. The Labute approximate surface area is 158 Å². The molecule has 0 aliphatic carbocycles. The second-order valence-corrected chi connectivity index (χ2v) is 7.75. The van der Waals surface area contributed by atoms with Gasteiger partial charge >= 0.3 is 0 Å². The van der Waals surface area contributed by atoms with Crippen molar-refractivity contribution in [2.75, 3.05) is 19.6 Å². The van der Waals surface area contributed by atoms with Gasteiger partial charge in [0.25, 0.3) is 0 Å². The van der Waals surface area contributed by atoms with Gasteiger partial charge in [-0.2, -0.15) is 0 Å². The summed E-state index contributed by atoms with van der Waals surface area (Å²) in [5.41, 5.74) is 2.22. The van der Waals surface area contributed by atoms with Gasteiger partial charge in [-0.15, -0.1) is 0 Å². The first-order chi connectivity index (χ1) is 12.4. The second-order valence-electron chi connectivity index (χ2n) is 7.75. The first-order valence-electron chi connectivity index (χ1n) is 10.0. The fraction of sp³-hybridized carbons (Fsp3) is 0.667. The number of nitrogens with zero attached hydrogens (tertiary/aromatic N) is 1. The van der Waals surface area contributed by atoms with Gasteiger partial charge in [0, 0.05) is 19.1 Å². The molecule has 0 saturated carbocycles. The molecule has 1 aliphatic heterocycles. The first-order valence-corrected chi connectivity index (χ1v) is 10.0. The zero-order valence-corrected chi connectivity index (χ0v) is 16.7. The number of carbonyl (C=O) groups excluding carboxylic acids is 1. The molecular weight excluding hydrogens is 326 g/mol. The minimum Gasteiger partial charge on any atom is -0.508 e. The van der Waals surface area contributed by atoms with E-state index in [0.717, 1.165) is 43.6 Å². The molecule has 0 saturated heterocycles. The van der Waals surface area contributed by atoms with Crippen molar-refractivity contribution >= 4 is 5.91 Å². The number of phenolic OH excluding ortho intramolecular Hbond substituents is 1. The van der Waals surface area contributed by atoms with Gasteiger partial charge in [0.05, 0.1) is 6.04 Å². The van der Waals surface area contributed by atoms with Crippen molar-refractivity contribution in [2.24, 2.45) is 5.92 Å². The van der Waals surface area contributed by atoms with E-state index < -0.39 is 0 Å². The Balaban J connectivity index is 1.98. The van der Waals surface area contributed by atoms with Crippen LogP contribution in [0.15, 0.2) is 18.2 Å². The van der Waals surface area contributed by atoms with E-state index in [0.29, 0.717) is 18.9 Å². The highest BCUT2D eigenvalue weighted by molar-refractivity contribution is 5.82. The van der Waals surface area contributed by atoms with E-state index in [1.54, 1.807) is 12.1 Å². The fourth-order valence-electron chi connectivity index (χ4n) is 3.60. The standard InChI is InChI=1S/C21H35N3O2/c1-5-9-24(10-6-2)14-20(15(3)4)23-21(26)19-12-16-7-8-18(25)11-17(16)13-22-19/h7-8,11,15,19-20,22,25H,5-6,9-10,12-14H2,1-4H3,(H,23,26)/t19?,20-/m1/s1. The average molecular weight is 362 g/mol. The fourth-order valence-corrected chi connectivity index (χ4v) is 3.60. The molecule has 146 valence electrons. The van der Waals surface area contributed by atoms with Crippen molar-refractivity contribution in [3.63, 3.8) is 0 Å². The van der Waals surface area contributed by atoms with Crippen molar-refractivity contribution in [1.29, 1.82) is 0 Å². The third-order valence-electron chi connectivity index (χ3n) is 5.14. The van der Waals surface area contributed by atoms with Crippen LogP contribution in [0.1, 0.15) is 51.7 Å². The summed E-state index contributed by atoms with van der Waals surface area (Å²) in [7, 11) is 0. The average Bonchev–Trinajstić information content (AvgIpc) is 2.60. The van der Waals surface area contributed by atoms with Crippen LogP contribution in [0.2, 0.25) is 0 Å². The molecule has 3 N–H and O–H groups in total. The van der Waals surface area contributed by atoms with Gasteiger partial charge in [0.2, 0.25) is 5.91 Å². The van der Waals surface area contributed by atoms with Crippen LogP contribution in [0.4, 0.5) is 0 Å². The lowest BCUT2D eigenvalue weighted by Crippen LogP contribution is -2.54. The molecule has 5 heteroatoms. The molecule has 1 aromatic carbocycles. The van der Waals surface area contributed by atoms with Crippen molar-refractivity contribution in [3.05, 3.63) is 29.3 Å². The van der Waals surface area contributed by atoms with E-state index in [2.05, 4.69) is 43.2 Å². The highest BCUT2D eigenvalue weighted by atomic mass is 16.3. The van der Waals surface area contributed by atoms with E-state index in [1.807, 2.05) is 6.07 Å². The number of hydrogen-bond acceptors (Lipinski definition) is 4. The van der Waals surface area contributed by atoms with Crippen LogP contribution in [0, 0.1) is 5.92 Å². The predicted molar refractivity (Wildman–Crippen MR) is 106 cm³/mol. The summed E-state index contributed by atoms with van der Waals surface area (Å²) < 4.78 is 0. The number of fused-ring (bicyclic) bond motifs is 1. The molecule has 0 spiro atoms. The molecular formula is C21H35N3O2. The molecule has 5 nitrogen and oxygen atoms in total. The van der Waals surface area contributed by atoms with Crippen molar-refractivity contribution in [1.82, 2.24) is 15.5 Å². The Morgan fingerprint density at radius 1 is 1.27 bits per heavy atom. The van der Waals surface area contributed by atoms with Crippen molar-refractivity contribution in [2.45, 2.75) is 65.6 Å². The molecule has 1 heterocycles. The van der Waals surface area contributed by atoms with Gasteiger partial charge in [0.1, 0.15) is 5.75 Å². The van der Waals surface area contributed by atoms with E-state index in [9.17, 15) is 9.90 Å². The maximum atomic E-state index is 12.8. The highest BCUT2D eigenvalue weighted by Crippen LogP contribution is 2.21. The summed E-state index contributed by atoms with van der Waals surface area (Å²) in [5.74, 6) is 0.749. The van der Waals surface area contributed by atoms with Crippen LogP contribution in [-0.4, -0.2) is 47.6 Å². The van der Waals surface area contributed by atoms with Crippen LogP contribution in [-0.2, 0) is 17.8 Å². The van der Waals surface area contributed by atoms with Crippen molar-refractivity contribution in [3.8, 4) is 5.75 Å². The van der Waals surface area contributed by atoms with E-state index in [1.165, 1.54) is 0 Å². The summed E-state index contributed by atoms with van der Waals surface area (Å²) in [6, 6.07) is 5.35. The lowest BCUT2D eigenvalue weighted by Gasteiger charge is -2.32. The Morgan fingerprint density at radius 2 is 1.96 bits per heavy atom. The topological polar surface area (TPSA) is 64.6 Å². The lowest BCUT2D eigenvalue weighted by atomic mass is 9.94. The third kappa shape index (κ3) is 5.71. The van der Waals surface area contributed by atoms with Gasteiger partial charge in [-0.1, -0.05) is 33.8 Å². The summed E-state index contributed by atoms with van der Waals surface area (Å²) in [6.45, 7) is 12.4. The molecule has 2 atom stereocenters. The summed E-state index contributed by atoms with van der Waals surface area (Å²) in [5, 5.41) is 16.2. The van der Waals surface area contributed by atoms with Crippen LogP contribution in [0.5, 0.6) is 5.75 Å². The molecule has 1 aromatic rings. The smallest absolute Gasteiger partial charge is 0.237 e. The maximum Gasteiger partial charge on any atom is 0.237 e. The van der Waals surface area contributed by atoms with Crippen LogP contribution in [0.3, 0.4) is 0 Å². The monoisotopic (exact) mass is 361 g/mol. The number of carbonyl (C=O) groups is 1. The molecule has 0 fully saturated rings. The number of rotatable bonds is 9. The zero-order chi connectivity index (χ0) is 19.1. The molecule has 1 aliphatic rings. The lowest BCUT2D eigenvalue weighted by molar-refractivity contribution is -0.124. The Hall–Kier alpha value is -1.59. The third-order valence-corrected chi connectivity index (χ3v) is 5.14. The van der Waals surface area contributed by atoms with Gasteiger partial charge in [-0.3, -0.25) is 4.79 Å². The van der Waals surface area contributed by atoms with Gasteiger partial charge in [0.15, 0.2) is 0 Å². The second kappa shape index (κ2) is 9.93. The molecule has 2 rings (SSSR count).